The van der Waals surface area contributed by atoms with Crippen LogP contribution >= 0.6 is 0 Å². The second-order valence-electron chi connectivity index (χ2n) is 8.61. The number of non-ortho nitro benzene ring substituents is 1. The van der Waals surface area contributed by atoms with Gasteiger partial charge in [0.2, 0.25) is 0 Å². The Hall–Kier alpha value is -3.44. The number of para-hydroxylation sites is 1. The van der Waals surface area contributed by atoms with Gasteiger partial charge in [-0.15, -0.1) is 0 Å². The quantitative estimate of drug-likeness (QED) is 0.297. The predicted octanol–water partition coefficient (Wildman–Crippen LogP) is 6.17. The third-order valence-electron chi connectivity index (χ3n) is 6.67. The van der Waals surface area contributed by atoms with E-state index in [1.54, 1.807) is 12.1 Å². The SMILES string of the molecule is O=[N+]([O-])c1ccc(CCN2CCC(c3c(-c4ccccc4)[nH]c4ccccc34)CC2)cc1. The van der Waals surface area contributed by atoms with E-state index in [-0.39, 0.29) is 10.6 Å². The lowest BCUT2D eigenvalue weighted by Gasteiger charge is -2.32. The monoisotopic (exact) mass is 425 g/mol. The molecule has 1 aromatic heterocycles. The van der Waals surface area contributed by atoms with Crippen LogP contribution in [-0.2, 0) is 6.42 Å². The van der Waals surface area contributed by atoms with E-state index in [1.165, 1.54) is 27.7 Å². The van der Waals surface area contributed by atoms with E-state index < -0.39 is 0 Å². The van der Waals surface area contributed by atoms with Crippen LogP contribution in [0.15, 0.2) is 78.9 Å². The van der Waals surface area contributed by atoms with E-state index in [0.29, 0.717) is 5.92 Å². The first kappa shape index (κ1) is 20.5. The van der Waals surface area contributed by atoms with Gasteiger partial charge < -0.3 is 9.88 Å². The van der Waals surface area contributed by atoms with Gasteiger partial charge in [-0.25, -0.2) is 0 Å². The molecule has 162 valence electrons. The van der Waals surface area contributed by atoms with Crippen molar-refractivity contribution < 1.29 is 4.92 Å². The number of piperidine rings is 1. The average molecular weight is 426 g/mol. The number of likely N-dealkylation sites (tertiary alicyclic amines) is 1. The molecule has 0 atom stereocenters. The molecule has 2 heterocycles. The number of aromatic amines is 1. The van der Waals surface area contributed by atoms with Gasteiger partial charge in [0.25, 0.3) is 5.69 Å². The van der Waals surface area contributed by atoms with Crippen LogP contribution < -0.4 is 0 Å². The molecule has 3 aromatic carbocycles. The minimum atomic E-state index is -0.344. The first-order valence-corrected chi connectivity index (χ1v) is 11.3. The van der Waals surface area contributed by atoms with E-state index in [4.69, 9.17) is 0 Å². The van der Waals surface area contributed by atoms with Crippen LogP contribution in [0.3, 0.4) is 0 Å². The number of aromatic nitrogens is 1. The summed E-state index contributed by atoms with van der Waals surface area (Å²) in [5.41, 5.74) is 6.49. The van der Waals surface area contributed by atoms with Gasteiger partial charge in [0.15, 0.2) is 0 Å². The molecule has 4 aromatic rings. The summed E-state index contributed by atoms with van der Waals surface area (Å²) >= 11 is 0. The third kappa shape index (κ3) is 4.16. The molecule has 0 saturated carbocycles. The Balaban J connectivity index is 1.29. The van der Waals surface area contributed by atoms with Crippen LogP contribution in [0.25, 0.3) is 22.2 Å². The summed E-state index contributed by atoms with van der Waals surface area (Å²) in [6.07, 6.45) is 3.20. The van der Waals surface area contributed by atoms with Crippen LogP contribution in [0, 0.1) is 10.1 Å². The third-order valence-corrected chi connectivity index (χ3v) is 6.67. The number of hydrogen-bond donors (Lipinski definition) is 1. The molecule has 1 N–H and O–H groups in total. The first-order chi connectivity index (χ1) is 15.7. The van der Waals surface area contributed by atoms with Crippen molar-refractivity contribution in [3.05, 3.63) is 100 Å². The lowest BCUT2D eigenvalue weighted by Crippen LogP contribution is -2.34. The van der Waals surface area contributed by atoms with Crippen molar-refractivity contribution in [2.75, 3.05) is 19.6 Å². The van der Waals surface area contributed by atoms with Crippen LogP contribution in [-0.4, -0.2) is 34.4 Å². The van der Waals surface area contributed by atoms with Crippen molar-refractivity contribution in [1.82, 2.24) is 9.88 Å². The average Bonchev–Trinajstić information content (AvgIpc) is 3.23. The highest BCUT2D eigenvalue weighted by Crippen LogP contribution is 2.40. The molecule has 5 nitrogen and oxygen atoms in total. The number of hydrogen-bond acceptors (Lipinski definition) is 3. The van der Waals surface area contributed by atoms with Crippen molar-refractivity contribution in [1.29, 1.82) is 0 Å². The smallest absolute Gasteiger partial charge is 0.269 e. The van der Waals surface area contributed by atoms with E-state index >= 15 is 0 Å². The molecule has 0 amide bonds. The Morgan fingerprint density at radius 2 is 1.59 bits per heavy atom. The molecular weight excluding hydrogens is 398 g/mol. The van der Waals surface area contributed by atoms with E-state index in [0.717, 1.165) is 44.5 Å². The Kier molecular flexibility index (Phi) is 5.73. The number of fused-ring (bicyclic) bond motifs is 1. The Morgan fingerprint density at radius 3 is 2.31 bits per heavy atom. The number of nitro benzene ring substituents is 1. The Bertz CT molecular complexity index is 1210. The second kappa shape index (κ2) is 8.97. The largest absolute Gasteiger partial charge is 0.354 e. The molecule has 5 rings (SSSR count). The van der Waals surface area contributed by atoms with Crippen molar-refractivity contribution in [3.63, 3.8) is 0 Å². The number of nitrogens with one attached hydrogen (secondary N) is 1. The van der Waals surface area contributed by atoms with E-state index in [1.807, 2.05) is 12.1 Å². The topological polar surface area (TPSA) is 62.2 Å². The highest BCUT2D eigenvalue weighted by atomic mass is 16.6. The molecule has 0 aliphatic carbocycles. The standard InChI is InChI=1S/C27H27N3O2/c31-30(32)23-12-10-20(11-13-23)14-17-29-18-15-21(16-19-29)26-24-8-4-5-9-25(24)28-27(26)22-6-2-1-3-7-22/h1-13,21,28H,14-19H2. The number of rotatable bonds is 6. The van der Waals surface area contributed by atoms with E-state index in [2.05, 4.69) is 64.5 Å². The van der Waals surface area contributed by atoms with Gasteiger partial charge in [0.05, 0.1) is 4.92 Å². The molecule has 0 bridgehead atoms. The van der Waals surface area contributed by atoms with E-state index in [9.17, 15) is 10.1 Å². The minimum absolute atomic E-state index is 0.155. The van der Waals surface area contributed by atoms with Gasteiger partial charge in [-0.2, -0.15) is 0 Å². The highest BCUT2D eigenvalue weighted by molar-refractivity contribution is 5.91. The maximum atomic E-state index is 10.8. The van der Waals surface area contributed by atoms with Gasteiger partial charge in [-0.1, -0.05) is 60.7 Å². The fraction of sp³-hybridized carbons (Fsp3) is 0.259. The maximum absolute atomic E-state index is 10.8. The van der Waals surface area contributed by atoms with Crippen molar-refractivity contribution in [2.45, 2.75) is 25.2 Å². The number of nitrogens with zero attached hydrogens (tertiary/aromatic N) is 2. The molecule has 1 aliphatic heterocycles. The minimum Gasteiger partial charge on any atom is -0.354 e. The summed E-state index contributed by atoms with van der Waals surface area (Å²) in [5.74, 6) is 0.539. The molecule has 0 spiro atoms. The van der Waals surface area contributed by atoms with Crippen LogP contribution in [0.4, 0.5) is 5.69 Å². The summed E-state index contributed by atoms with van der Waals surface area (Å²) in [6.45, 7) is 3.14. The summed E-state index contributed by atoms with van der Waals surface area (Å²) in [6, 6.07) is 26.2. The maximum Gasteiger partial charge on any atom is 0.269 e. The van der Waals surface area contributed by atoms with Crippen LogP contribution in [0.5, 0.6) is 0 Å². The highest BCUT2D eigenvalue weighted by Gasteiger charge is 2.26. The summed E-state index contributed by atoms with van der Waals surface area (Å²) < 4.78 is 0. The van der Waals surface area contributed by atoms with Crippen LogP contribution in [0.2, 0.25) is 0 Å². The number of H-pyrrole nitrogens is 1. The number of nitro groups is 1. The van der Waals surface area contributed by atoms with Crippen molar-refractivity contribution >= 4 is 16.6 Å². The van der Waals surface area contributed by atoms with Crippen LogP contribution in [0.1, 0.15) is 29.9 Å². The lowest BCUT2D eigenvalue weighted by molar-refractivity contribution is -0.384. The second-order valence-corrected chi connectivity index (χ2v) is 8.61. The summed E-state index contributed by atoms with van der Waals surface area (Å²) in [5, 5.41) is 12.2. The number of benzene rings is 3. The normalized spacial score (nSPS) is 15.2. The zero-order valence-electron chi connectivity index (χ0n) is 18.0. The molecule has 5 heteroatoms. The molecule has 1 saturated heterocycles. The van der Waals surface area contributed by atoms with Gasteiger partial charge in [0, 0.05) is 35.3 Å². The van der Waals surface area contributed by atoms with Gasteiger partial charge in [-0.3, -0.25) is 10.1 Å². The molecule has 32 heavy (non-hydrogen) atoms. The Morgan fingerprint density at radius 1 is 0.906 bits per heavy atom. The summed E-state index contributed by atoms with van der Waals surface area (Å²) in [7, 11) is 0. The summed E-state index contributed by atoms with van der Waals surface area (Å²) in [4.78, 5) is 16.7. The molecule has 1 aliphatic rings. The molecular formula is C27H27N3O2. The zero-order chi connectivity index (χ0) is 21.9. The van der Waals surface area contributed by atoms with Gasteiger partial charge >= 0.3 is 0 Å². The van der Waals surface area contributed by atoms with Crippen molar-refractivity contribution in [3.8, 4) is 11.3 Å². The molecule has 0 unspecified atom stereocenters. The lowest BCUT2D eigenvalue weighted by atomic mass is 9.86. The predicted molar refractivity (Wildman–Crippen MR) is 129 cm³/mol. The fourth-order valence-corrected chi connectivity index (χ4v) is 4.94. The van der Waals surface area contributed by atoms with Gasteiger partial charge in [-0.05, 0) is 61.0 Å². The molecule has 0 radical (unpaired) electrons. The molecule has 1 fully saturated rings. The first-order valence-electron chi connectivity index (χ1n) is 11.3. The van der Waals surface area contributed by atoms with Gasteiger partial charge in [0.1, 0.15) is 0 Å². The van der Waals surface area contributed by atoms with Crippen molar-refractivity contribution in [2.24, 2.45) is 0 Å². The Labute approximate surface area is 187 Å². The fourth-order valence-electron chi connectivity index (χ4n) is 4.94. The zero-order valence-corrected chi connectivity index (χ0v) is 18.0.